The fourth-order valence-corrected chi connectivity index (χ4v) is 3.39. The number of piperidine rings is 1. The summed E-state index contributed by atoms with van der Waals surface area (Å²) in [5.41, 5.74) is 4.54. The van der Waals surface area contributed by atoms with Gasteiger partial charge in [-0.05, 0) is 56.3 Å². The molecule has 0 aromatic heterocycles. The normalized spacial score (nSPS) is 25.9. The number of hydrogen-bond acceptors (Lipinski definition) is 2. The zero-order valence-electron chi connectivity index (χ0n) is 12.2. The van der Waals surface area contributed by atoms with Crippen LogP contribution in [0.4, 0.5) is 0 Å². The van der Waals surface area contributed by atoms with Crippen LogP contribution in [0.15, 0.2) is 18.2 Å². The molecule has 2 nitrogen and oxygen atoms in total. The van der Waals surface area contributed by atoms with Crippen molar-refractivity contribution in [3.05, 3.63) is 34.9 Å². The van der Waals surface area contributed by atoms with Crippen LogP contribution in [-0.4, -0.2) is 25.8 Å². The van der Waals surface area contributed by atoms with Crippen molar-refractivity contribution in [1.82, 2.24) is 5.32 Å². The Labute approximate surface area is 116 Å². The highest BCUT2D eigenvalue weighted by molar-refractivity contribution is 5.36. The van der Waals surface area contributed by atoms with Gasteiger partial charge in [-0.15, -0.1) is 0 Å². The van der Waals surface area contributed by atoms with Gasteiger partial charge < -0.3 is 10.1 Å². The van der Waals surface area contributed by atoms with E-state index in [-0.39, 0.29) is 5.41 Å². The molecule has 1 aromatic rings. The molecule has 19 heavy (non-hydrogen) atoms. The number of rotatable bonds is 3. The zero-order valence-corrected chi connectivity index (χ0v) is 12.2. The molecule has 3 rings (SSSR count). The summed E-state index contributed by atoms with van der Waals surface area (Å²) in [7, 11) is 0. The second-order valence-corrected chi connectivity index (χ2v) is 6.42. The van der Waals surface area contributed by atoms with Crippen LogP contribution in [0.3, 0.4) is 0 Å². The van der Waals surface area contributed by atoms with E-state index in [9.17, 15) is 0 Å². The highest BCUT2D eigenvalue weighted by Gasteiger charge is 2.42. The minimum absolute atomic E-state index is 0.271. The van der Waals surface area contributed by atoms with Gasteiger partial charge in [-0.25, -0.2) is 0 Å². The van der Waals surface area contributed by atoms with Crippen LogP contribution in [0.5, 0.6) is 0 Å². The summed E-state index contributed by atoms with van der Waals surface area (Å²) in [6.45, 7) is 7.38. The van der Waals surface area contributed by atoms with E-state index < -0.39 is 0 Å². The molecule has 104 valence electrons. The summed E-state index contributed by atoms with van der Waals surface area (Å²) < 4.78 is 5.58. The van der Waals surface area contributed by atoms with E-state index in [1.54, 1.807) is 0 Å². The Bertz CT molecular complexity index is 445. The third-order valence-electron chi connectivity index (χ3n) is 4.93. The average molecular weight is 259 g/mol. The lowest BCUT2D eigenvalue weighted by molar-refractivity contribution is -0.0696. The van der Waals surface area contributed by atoms with Crippen LogP contribution in [0.25, 0.3) is 0 Å². The molecule has 2 fully saturated rings. The molecule has 0 spiro atoms. The Morgan fingerprint density at radius 3 is 2.63 bits per heavy atom. The molecule has 2 heteroatoms. The first-order valence-electron chi connectivity index (χ1n) is 7.58. The molecule has 2 aliphatic heterocycles. The van der Waals surface area contributed by atoms with Crippen molar-refractivity contribution in [3.8, 4) is 0 Å². The third-order valence-corrected chi connectivity index (χ3v) is 4.93. The summed E-state index contributed by atoms with van der Waals surface area (Å²) >= 11 is 0. The second-order valence-electron chi connectivity index (χ2n) is 6.42. The second kappa shape index (κ2) is 5.26. The fourth-order valence-electron chi connectivity index (χ4n) is 3.39. The van der Waals surface area contributed by atoms with Gasteiger partial charge in [-0.2, -0.15) is 0 Å². The van der Waals surface area contributed by atoms with Gasteiger partial charge in [0.25, 0.3) is 0 Å². The van der Waals surface area contributed by atoms with E-state index in [0.29, 0.717) is 6.04 Å². The maximum absolute atomic E-state index is 5.58. The minimum atomic E-state index is 0.271. The standard InChI is InChI=1S/C17H25NO/c1-13-6-7-15(9-14(13)2)17(11-19-12-17)10-16-5-3-4-8-18-16/h6-7,9,16,18H,3-5,8,10-12H2,1-2H3. The molecule has 1 unspecified atom stereocenters. The molecule has 2 heterocycles. The van der Waals surface area contributed by atoms with Gasteiger partial charge in [0.15, 0.2) is 0 Å². The molecule has 0 aliphatic carbocycles. The summed E-state index contributed by atoms with van der Waals surface area (Å²) in [5.74, 6) is 0. The van der Waals surface area contributed by atoms with E-state index >= 15 is 0 Å². The van der Waals surface area contributed by atoms with E-state index in [4.69, 9.17) is 4.74 Å². The van der Waals surface area contributed by atoms with Crippen LogP contribution in [0, 0.1) is 13.8 Å². The summed E-state index contributed by atoms with van der Waals surface area (Å²) in [4.78, 5) is 0. The van der Waals surface area contributed by atoms with Gasteiger partial charge >= 0.3 is 0 Å². The Morgan fingerprint density at radius 1 is 1.21 bits per heavy atom. The number of nitrogens with one attached hydrogen (secondary N) is 1. The Hall–Kier alpha value is -0.860. The molecule has 0 amide bonds. The van der Waals surface area contributed by atoms with Crippen molar-refractivity contribution in [1.29, 1.82) is 0 Å². The van der Waals surface area contributed by atoms with Gasteiger partial charge in [0.1, 0.15) is 0 Å². The van der Waals surface area contributed by atoms with E-state index in [0.717, 1.165) is 13.2 Å². The maximum atomic E-state index is 5.58. The summed E-state index contributed by atoms with van der Waals surface area (Å²) in [6, 6.07) is 7.63. The van der Waals surface area contributed by atoms with Crippen molar-refractivity contribution in [2.45, 2.75) is 51.0 Å². The van der Waals surface area contributed by atoms with Crippen LogP contribution >= 0.6 is 0 Å². The highest BCUT2D eigenvalue weighted by atomic mass is 16.5. The molecular formula is C17H25NO. The smallest absolute Gasteiger partial charge is 0.0586 e. The Morgan fingerprint density at radius 2 is 2.05 bits per heavy atom. The molecule has 1 atom stereocenters. The molecule has 0 bridgehead atoms. The number of ether oxygens (including phenoxy) is 1. The molecule has 0 radical (unpaired) electrons. The zero-order chi connectivity index (χ0) is 13.3. The molecule has 2 aliphatic rings. The first-order valence-corrected chi connectivity index (χ1v) is 7.58. The van der Waals surface area contributed by atoms with E-state index in [2.05, 4.69) is 37.4 Å². The number of aryl methyl sites for hydroxylation is 2. The predicted molar refractivity (Wildman–Crippen MR) is 78.7 cm³/mol. The Balaban J connectivity index is 1.79. The molecule has 1 N–H and O–H groups in total. The number of benzene rings is 1. The van der Waals surface area contributed by atoms with Gasteiger partial charge in [-0.3, -0.25) is 0 Å². The average Bonchev–Trinajstić information content (AvgIpc) is 2.38. The minimum Gasteiger partial charge on any atom is -0.379 e. The first kappa shape index (κ1) is 13.1. The SMILES string of the molecule is Cc1ccc(C2(CC3CCCCN3)COC2)cc1C. The molecule has 0 saturated carbocycles. The molecule has 2 saturated heterocycles. The van der Waals surface area contributed by atoms with Crippen molar-refractivity contribution < 1.29 is 4.74 Å². The topological polar surface area (TPSA) is 21.3 Å². The van der Waals surface area contributed by atoms with Gasteiger partial charge in [0, 0.05) is 11.5 Å². The quantitative estimate of drug-likeness (QED) is 0.900. The fraction of sp³-hybridized carbons (Fsp3) is 0.647. The van der Waals surface area contributed by atoms with Gasteiger partial charge in [-0.1, -0.05) is 24.6 Å². The summed E-state index contributed by atoms with van der Waals surface area (Å²) in [6.07, 6.45) is 5.27. The maximum Gasteiger partial charge on any atom is 0.0586 e. The van der Waals surface area contributed by atoms with Crippen molar-refractivity contribution in [2.24, 2.45) is 0 Å². The van der Waals surface area contributed by atoms with Crippen LogP contribution in [-0.2, 0) is 10.2 Å². The lowest BCUT2D eigenvalue weighted by Crippen LogP contribution is -2.51. The van der Waals surface area contributed by atoms with Crippen molar-refractivity contribution in [2.75, 3.05) is 19.8 Å². The molecular weight excluding hydrogens is 234 g/mol. The lowest BCUT2D eigenvalue weighted by Gasteiger charge is -2.45. The van der Waals surface area contributed by atoms with Crippen LogP contribution in [0.2, 0.25) is 0 Å². The van der Waals surface area contributed by atoms with Crippen molar-refractivity contribution in [3.63, 3.8) is 0 Å². The third kappa shape index (κ3) is 2.56. The monoisotopic (exact) mass is 259 g/mol. The van der Waals surface area contributed by atoms with E-state index in [1.165, 1.54) is 48.9 Å². The first-order chi connectivity index (χ1) is 9.20. The largest absolute Gasteiger partial charge is 0.379 e. The van der Waals surface area contributed by atoms with E-state index in [1.807, 2.05) is 0 Å². The molecule has 1 aromatic carbocycles. The van der Waals surface area contributed by atoms with Crippen molar-refractivity contribution >= 4 is 0 Å². The highest BCUT2D eigenvalue weighted by Crippen LogP contribution is 2.38. The van der Waals surface area contributed by atoms with Crippen LogP contribution < -0.4 is 5.32 Å². The predicted octanol–water partition coefficient (Wildman–Crippen LogP) is 3.10. The van der Waals surface area contributed by atoms with Gasteiger partial charge in [0.2, 0.25) is 0 Å². The lowest BCUT2D eigenvalue weighted by atomic mass is 9.72. The number of hydrogen-bond donors (Lipinski definition) is 1. The summed E-state index contributed by atoms with van der Waals surface area (Å²) in [5, 5.41) is 3.68. The Kier molecular flexibility index (Phi) is 3.64. The van der Waals surface area contributed by atoms with Gasteiger partial charge in [0.05, 0.1) is 13.2 Å². The van der Waals surface area contributed by atoms with Crippen LogP contribution in [0.1, 0.15) is 42.4 Å².